The highest BCUT2D eigenvalue weighted by Crippen LogP contribution is 2.36. The van der Waals surface area contributed by atoms with Crippen LogP contribution in [0.25, 0.3) is 11.5 Å². The lowest BCUT2D eigenvalue weighted by atomic mass is 9.96. The standard InChI is InChI=1S/C14H16N2O2S/c1-2-4-12-10(3-1)11(8-19-12)14-15-13(16-18-14)9-5-6-17-7-9/h8-9H,1-7H2/t9-/m1/s1. The number of aromatic nitrogens is 2. The molecule has 0 bridgehead atoms. The highest BCUT2D eigenvalue weighted by atomic mass is 32.1. The summed E-state index contributed by atoms with van der Waals surface area (Å²) in [4.78, 5) is 6.10. The lowest BCUT2D eigenvalue weighted by Gasteiger charge is -2.10. The number of thiophene rings is 1. The Hall–Kier alpha value is -1.20. The van der Waals surface area contributed by atoms with Crippen LogP contribution in [0.4, 0.5) is 0 Å². The van der Waals surface area contributed by atoms with Crippen LogP contribution in [0.3, 0.4) is 0 Å². The van der Waals surface area contributed by atoms with E-state index in [1.807, 2.05) is 11.3 Å². The lowest BCUT2D eigenvalue weighted by Crippen LogP contribution is -2.00. The molecule has 0 unspecified atom stereocenters. The third-order valence-corrected chi connectivity index (χ3v) is 5.12. The maximum absolute atomic E-state index is 5.48. The zero-order chi connectivity index (χ0) is 12.7. The number of hydrogen-bond donors (Lipinski definition) is 0. The molecule has 0 amide bonds. The minimum absolute atomic E-state index is 0.312. The van der Waals surface area contributed by atoms with Crippen molar-refractivity contribution in [1.82, 2.24) is 10.1 Å². The first-order valence-electron chi connectivity index (χ1n) is 6.93. The minimum atomic E-state index is 0.312. The number of ether oxygens (including phenoxy) is 1. The van der Waals surface area contributed by atoms with Gasteiger partial charge in [0.15, 0.2) is 5.82 Å². The van der Waals surface area contributed by atoms with Gasteiger partial charge in [-0.15, -0.1) is 11.3 Å². The second-order valence-corrected chi connectivity index (χ2v) is 6.24. The minimum Gasteiger partial charge on any atom is -0.381 e. The molecule has 1 saturated heterocycles. The van der Waals surface area contributed by atoms with Gasteiger partial charge in [0.05, 0.1) is 12.2 Å². The van der Waals surface area contributed by atoms with Crippen LogP contribution in [-0.4, -0.2) is 23.4 Å². The van der Waals surface area contributed by atoms with Crippen LogP contribution in [0, 0.1) is 0 Å². The number of aryl methyl sites for hydroxylation is 1. The molecule has 3 heterocycles. The average Bonchev–Trinajstić information content (AvgIpc) is 3.18. The van der Waals surface area contributed by atoms with Crippen molar-refractivity contribution < 1.29 is 9.26 Å². The first-order chi connectivity index (χ1) is 9.42. The molecule has 4 nitrogen and oxygen atoms in total. The quantitative estimate of drug-likeness (QED) is 0.845. The third kappa shape index (κ3) is 2.01. The summed E-state index contributed by atoms with van der Waals surface area (Å²) >= 11 is 1.84. The summed E-state index contributed by atoms with van der Waals surface area (Å²) in [6.07, 6.45) is 5.94. The van der Waals surface area contributed by atoms with Gasteiger partial charge in [-0.05, 0) is 37.7 Å². The maximum atomic E-state index is 5.48. The molecule has 1 aliphatic carbocycles. The van der Waals surface area contributed by atoms with Gasteiger partial charge in [0.2, 0.25) is 0 Å². The number of rotatable bonds is 2. The molecule has 2 aromatic heterocycles. The van der Waals surface area contributed by atoms with Gasteiger partial charge in [0.1, 0.15) is 0 Å². The van der Waals surface area contributed by atoms with E-state index in [-0.39, 0.29) is 0 Å². The van der Waals surface area contributed by atoms with Crippen LogP contribution in [0.15, 0.2) is 9.90 Å². The van der Waals surface area contributed by atoms with Crippen molar-refractivity contribution in [1.29, 1.82) is 0 Å². The van der Waals surface area contributed by atoms with Crippen LogP contribution < -0.4 is 0 Å². The highest BCUT2D eigenvalue weighted by Gasteiger charge is 2.25. The Morgan fingerprint density at radius 3 is 3.11 bits per heavy atom. The molecule has 4 rings (SSSR count). The van der Waals surface area contributed by atoms with Gasteiger partial charge in [0.25, 0.3) is 5.89 Å². The molecule has 0 N–H and O–H groups in total. The summed E-state index contributed by atoms with van der Waals surface area (Å²) in [7, 11) is 0. The van der Waals surface area contributed by atoms with Crippen molar-refractivity contribution in [2.45, 2.75) is 38.0 Å². The molecule has 1 fully saturated rings. The summed E-state index contributed by atoms with van der Waals surface area (Å²) in [5.74, 6) is 1.82. The van der Waals surface area contributed by atoms with E-state index < -0.39 is 0 Å². The molecule has 1 atom stereocenters. The van der Waals surface area contributed by atoms with Crippen molar-refractivity contribution in [2.75, 3.05) is 13.2 Å². The summed E-state index contributed by atoms with van der Waals surface area (Å²) in [6, 6.07) is 0. The molecule has 0 aromatic carbocycles. The Bertz CT molecular complexity index is 584. The second-order valence-electron chi connectivity index (χ2n) is 5.28. The van der Waals surface area contributed by atoms with Gasteiger partial charge >= 0.3 is 0 Å². The van der Waals surface area contributed by atoms with E-state index in [0.717, 1.165) is 37.4 Å². The predicted octanol–water partition coefficient (Wildman–Crippen LogP) is 3.18. The fraction of sp³-hybridized carbons (Fsp3) is 0.571. The molecular formula is C14H16N2O2S. The van der Waals surface area contributed by atoms with Crippen molar-refractivity contribution >= 4 is 11.3 Å². The Morgan fingerprint density at radius 1 is 1.26 bits per heavy atom. The fourth-order valence-electron chi connectivity index (χ4n) is 2.92. The lowest BCUT2D eigenvalue weighted by molar-refractivity contribution is 0.192. The molecule has 100 valence electrons. The largest absolute Gasteiger partial charge is 0.381 e. The fourth-order valence-corrected chi connectivity index (χ4v) is 4.04. The van der Waals surface area contributed by atoms with Gasteiger partial charge < -0.3 is 9.26 Å². The molecule has 19 heavy (non-hydrogen) atoms. The van der Waals surface area contributed by atoms with E-state index in [9.17, 15) is 0 Å². The molecule has 0 saturated carbocycles. The van der Waals surface area contributed by atoms with E-state index in [1.54, 1.807) is 0 Å². The zero-order valence-corrected chi connectivity index (χ0v) is 11.5. The molecule has 0 radical (unpaired) electrons. The van der Waals surface area contributed by atoms with E-state index >= 15 is 0 Å². The van der Waals surface area contributed by atoms with Gasteiger partial charge in [-0.1, -0.05) is 5.16 Å². The monoisotopic (exact) mass is 276 g/mol. The molecule has 5 heteroatoms. The topological polar surface area (TPSA) is 48.2 Å². The van der Waals surface area contributed by atoms with Crippen LogP contribution >= 0.6 is 11.3 Å². The van der Waals surface area contributed by atoms with Gasteiger partial charge in [-0.25, -0.2) is 0 Å². The van der Waals surface area contributed by atoms with Gasteiger partial charge in [-0.3, -0.25) is 0 Å². The van der Waals surface area contributed by atoms with Gasteiger partial charge in [0, 0.05) is 22.8 Å². The van der Waals surface area contributed by atoms with Crippen LogP contribution in [0.5, 0.6) is 0 Å². The second kappa shape index (κ2) is 4.72. The first-order valence-corrected chi connectivity index (χ1v) is 7.81. The van der Waals surface area contributed by atoms with Crippen LogP contribution in [0.1, 0.15) is 41.4 Å². The third-order valence-electron chi connectivity index (χ3n) is 4.03. The Balaban J connectivity index is 1.67. The van der Waals surface area contributed by atoms with Crippen molar-refractivity contribution in [3.8, 4) is 11.5 Å². The summed E-state index contributed by atoms with van der Waals surface area (Å²) < 4.78 is 10.9. The number of nitrogens with zero attached hydrogens (tertiary/aromatic N) is 2. The Kier molecular flexibility index (Phi) is 2.89. The molecule has 2 aliphatic rings. The van der Waals surface area contributed by atoms with Crippen LogP contribution in [0.2, 0.25) is 0 Å². The van der Waals surface area contributed by atoms with E-state index in [4.69, 9.17) is 9.26 Å². The SMILES string of the molecule is c1sc2c(c1-c1nc([C@@H]3CCOC3)no1)CCCC2. The normalized spacial score (nSPS) is 22.6. The Morgan fingerprint density at radius 2 is 2.21 bits per heavy atom. The molecule has 0 spiro atoms. The number of hydrogen-bond acceptors (Lipinski definition) is 5. The zero-order valence-electron chi connectivity index (χ0n) is 10.7. The molecular weight excluding hydrogens is 260 g/mol. The van der Waals surface area contributed by atoms with Crippen molar-refractivity contribution in [3.05, 3.63) is 21.6 Å². The van der Waals surface area contributed by atoms with Crippen molar-refractivity contribution in [3.63, 3.8) is 0 Å². The maximum Gasteiger partial charge on any atom is 0.259 e. The van der Waals surface area contributed by atoms with E-state index in [1.165, 1.54) is 29.7 Å². The summed E-state index contributed by atoms with van der Waals surface area (Å²) in [6.45, 7) is 1.53. The van der Waals surface area contributed by atoms with E-state index in [0.29, 0.717) is 11.8 Å². The number of fused-ring (bicyclic) bond motifs is 1. The Labute approximate surface area is 115 Å². The average molecular weight is 276 g/mol. The molecule has 1 aliphatic heterocycles. The summed E-state index contributed by atoms with van der Waals surface area (Å²) in [5.41, 5.74) is 2.60. The predicted molar refractivity (Wildman–Crippen MR) is 72.4 cm³/mol. The van der Waals surface area contributed by atoms with Gasteiger partial charge in [-0.2, -0.15) is 4.98 Å². The highest BCUT2D eigenvalue weighted by molar-refractivity contribution is 7.10. The summed E-state index contributed by atoms with van der Waals surface area (Å²) in [5, 5.41) is 6.32. The van der Waals surface area contributed by atoms with Crippen LogP contribution in [-0.2, 0) is 17.6 Å². The molecule has 2 aromatic rings. The smallest absolute Gasteiger partial charge is 0.259 e. The van der Waals surface area contributed by atoms with Crippen molar-refractivity contribution in [2.24, 2.45) is 0 Å². The first kappa shape index (κ1) is 11.6. The van der Waals surface area contributed by atoms with E-state index in [2.05, 4.69) is 15.5 Å².